The van der Waals surface area contributed by atoms with E-state index in [0.29, 0.717) is 44.0 Å². The molecule has 2 aromatic rings. The van der Waals surface area contributed by atoms with Crippen molar-refractivity contribution in [2.45, 2.75) is 101 Å². The molecule has 0 N–H and O–H groups in total. The van der Waals surface area contributed by atoms with Gasteiger partial charge in [0.25, 0.3) is 5.92 Å². The number of amides is 1. The second-order valence-corrected chi connectivity index (χ2v) is 13.7. The van der Waals surface area contributed by atoms with Crippen molar-refractivity contribution in [2.75, 3.05) is 26.2 Å². The number of ether oxygens (including phenoxy) is 3. The van der Waals surface area contributed by atoms with Crippen LogP contribution in [0, 0.1) is 5.92 Å². The van der Waals surface area contributed by atoms with E-state index in [0.717, 1.165) is 11.0 Å². The molecule has 3 aliphatic heterocycles. The number of fused-ring (bicyclic) bond motifs is 2. The van der Waals surface area contributed by atoms with E-state index in [-0.39, 0.29) is 43.2 Å². The molecule has 12 heteroatoms. The van der Waals surface area contributed by atoms with E-state index in [1.165, 1.54) is 6.33 Å². The summed E-state index contributed by atoms with van der Waals surface area (Å²) in [5, 5.41) is 1.15. The second-order valence-electron chi connectivity index (χ2n) is 13.4. The lowest BCUT2D eigenvalue weighted by molar-refractivity contribution is -0.161. The summed E-state index contributed by atoms with van der Waals surface area (Å²) in [6.07, 6.45) is 3.95. The number of alkyl halides is 2. The lowest BCUT2D eigenvalue weighted by Crippen LogP contribution is -2.55. The van der Waals surface area contributed by atoms with Gasteiger partial charge in [-0.2, -0.15) is 0 Å². The third-order valence-corrected chi connectivity index (χ3v) is 9.15. The van der Waals surface area contributed by atoms with Gasteiger partial charge in [-0.3, -0.25) is 4.90 Å². The summed E-state index contributed by atoms with van der Waals surface area (Å²) in [4.78, 5) is 24.8. The van der Waals surface area contributed by atoms with Gasteiger partial charge in [-0.05, 0) is 59.9 Å². The molecular formula is C28H38ClF2N5O4. The highest BCUT2D eigenvalue weighted by Crippen LogP contribution is 2.51. The van der Waals surface area contributed by atoms with Crippen LogP contribution in [-0.2, 0) is 14.2 Å². The summed E-state index contributed by atoms with van der Waals surface area (Å²) < 4.78 is 50.5. The highest BCUT2D eigenvalue weighted by Gasteiger charge is 2.59. The van der Waals surface area contributed by atoms with Crippen molar-refractivity contribution in [3.8, 4) is 0 Å². The van der Waals surface area contributed by atoms with Crippen molar-refractivity contribution in [2.24, 2.45) is 5.92 Å². The van der Waals surface area contributed by atoms with Crippen LogP contribution >= 0.6 is 11.6 Å². The number of carbonyl (C=O) groups excluding carboxylic acids is 1. The molecule has 1 spiro atoms. The Hall–Kier alpha value is -2.08. The topological polar surface area (TPSA) is 82.0 Å². The standard InChI is InChI=1S/C28H38ClF2N5O4/c1-25(2,3)40-24(37)34-10-7-27(8-11-34)14-28(30,31)15-35(27)13-17-12-19(21-20(17)38-26(4,5)39-21)36-9-6-18-22(29)32-16-33-23(18)36/h6,9,16-17,19-21H,7-8,10-15H2,1-5H3/t17-,19-,20-,21+/m1/s1. The average Bonchev–Trinajstić information content (AvgIpc) is 3.54. The number of nitrogens with zero attached hydrogens (tertiary/aromatic N) is 5. The zero-order valence-corrected chi connectivity index (χ0v) is 24.5. The summed E-state index contributed by atoms with van der Waals surface area (Å²) in [5.74, 6) is -3.60. The molecule has 4 atom stereocenters. The number of hydrogen-bond donors (Lipinski definition) is 0. The van der Waals surface area contributed by atoms with Gasteiger partial charge in [0.2, 0.25) is 0 Å². The molecule has 0 unspecified atom stereocenters. The van der Waals surface area contributed by atoms with Crippen LogP contribution < -0.4 is 0 Å². The highest BCUT2D eigenvalue weighted by atomic mass is 35.5. The van der Waals surface area contributed by atoms with E-state index < -0.39 is 22.8 Å². The van der Waals surface area contributed by atoms with Crippen LogP contribution in [0.2, 0.25) is 5.15 Å². The Morgan fingerprint density at radius 1 is 1.18 bits per heavy atom. The maximum Gasteiger partial charge on any atom is 0.410 e. The molecular weight excluding hydrogens is 544 g/mol. The first-order chi connectivity index (χ1) is 18.7. The number of piperidine rings is 1. The van der Waals surface area contributed by atoms with Crippen molar-refractivity contribution in [1.29, 1.82) is 0 Å². The zero-order valence-electron chi connectivity index (χ0n) is 23.7. The van der Waals surface area contributed by atoms with Crippen LogP contribution in [0.25, 0.3) is 11.0 Å². The molecule has 4 aliphatic rings. The maximum absolute atomic E-state index is 15.0. The molecule has 0 radical (unpaired) electrons. The normalized spacial score (nSPS) is 31.2. The fourth-order valence-electron chi connectivity index (χ4n) is 7.28. The monoisotopic (exact) mass is 581 g/mol. The third kappa shape index (κ3) is 5.07. The Kier molecular flexibility index (Phi) is 6.64. The number of hydrogen-bond acceptors (Lipinski definition) is 7. The molecule has 0 bridgehead atoms. The molecule has 5 heterocycles. The predicted molar refractivity (Wildman–Crippen MR) is 144 cm³/mol. The Balaban J connectivity index is 1.23. The molecule has 220 valence electrons. The van der Waals surface area contributed by atoms with Gasteiger partial charge in [0.1, 0.15) is 28.8 Å². The van der Waals surface area contributed by atoms with Crippen LogP contribution in [0.5, 0.6) is 0 Å². The summed E-state index contributed by atoms with van der Waals surface area (Å²) in [6.45, 7) is 10.2. The van der Waals surface area contributed by atoms with Crippen molar-refractivity contribution >= 4 is 28.7 Å². The number of rotatable bonds is 3. The fraction of sp³-hybridized carbons (Fsp3) is 0.750. The van der Waals surface area contributed by atoms with E-state index in [4.69, 9.17) is 25.8 Å². The third-order valence-electron chi connectivity index (χ3n) is 8.85. The summed E-state index contributed by atoms with van der Waals surface area (Å²) in [7, 11) is 0. The van der Waals surface area contributed by atoms with Gasteiger partial charge in [-0.1, -0.05) is 11.6 Å². The molecule has 4 fully saturated rings. The SMILES string of the molecule is CC(C)(C)OC(=O)N1CCC2(CC1)CC(F)(F)CN2C[C@H]1C[C@@H](n2ccc3c(Cl)ncnc32)[C@@H]2OC(C)(C)O[C@H]12. The maximum atomic E-state index is 15.0. The first kappa shape index (κ1) is 28.1. The lowest BCUT2D eigenvalue weighted by Gasteiger charge is -2.45. The Labute approximate surface area is 238 Å². The number of carbonyl (C=O) groups is 1. The number of aromatic nitrogens is 3. The van der Waals surface area contributed by atoms with E-state index in [9.17, 15) is 4.79 Å². The quantitative estimate of drug-likeness (QED) is 0.456. The van der Waals surface area contributed by atoms with Crippen molar-refractivity contribution in [3.63, 3.8) is 0 Å². The Morgan fingerprint density at radius 2 is 1.88 bits per heavy atom. The minimum Gasteiger partial charge on any atom is -0.444 e. The first-order valence-corrected chi connectivity index (χ1v) is 14.5. The van der Waals surface area contributed by atoms with E-state index in [1.807, 2.05) is 51.8 Å². The zero-order chi connectivity index (χ0) is 28.7. The molecule has 0 aromatic carbocycles. The number of likely N-dealkylation sites (tertiary alicyclic amines) is 2. The van der Waals surface area contributed by atoms with Gasteiger partial charge in [0.05, 0.1) is 24.1 Å². The molecule has 40 heavy (non-hydrogen) atoms. The van der Waals surface area contributed by atoms with Gasteiger partial charge in [0, 0.05) is 43.7 Å². The first-order valence-electron chi connectivity index (χ1n) is 14.1. The molecule has 1 saturated carbocycles. The van der Waals surface area contributed by atoms with Crippen molar-refractivity contribution in [3.05, 3.63) is 23.7 Å². The van der Waals surface area contributed by atoms with E-state index >= 15 is 8.78 Å². The van der Waals surface area contributed by atoms with Gasteiger partial charge in [0.15, 0.2) is 5.79 Å². The predicted octanol–water partition coefficient (Wildman–Crippen LogP) is 5.28. The molecule has 6 rings (SSSR count). The average molecular weight is 582 g/mol. The van der Waals surface area contributed by atoms with Gasteiger partial charge < -0.3 is 23.7 Å². The van der Waals surface area contributed by atoms with Crippen LogP contribution in [0.1, 0.15) is 66.3 Å². The fourth-order valence-corrected chi connectivity index (χ4v) is 7.47. The lowest BCUT2D eigenvalue weighted by atomic mass is 9.83. The Morgan fingerprint density at radius 3 is 2.58 bits per heavy atom. The van der Waals surface area contributed by atoms with Crippen LogP contribution in [0.15, 0.2) is 18.6 Å². The molecule has 3 saturated heterocycles. The Bertz CT molecular complexity index is 1290. The minimum atomic E-state index is -2.79. The minimum absolute atomic E-state index is 0.0267. The largest absolute Gasteiger partial charge is 0.444 e. The molecule has 9 nitrogen and oxygen atoms in total. The van der Waals surface area contributed by atoms with E-state index in [2.05, 4.69) is 14.5 Å². The molecule has 2 aromatic heterocycles. The summed E-state index contributed by atoms with van der Waals surface area (Å²) >= 11 is 6.32. The highest BCUT2D eigenvalue weighted by molar-refractivity contribution is 6.33. The number of halogens is 3. The van der Waals surface area contributed by atoms with Crippen molar-refractivity contribution < 1.29 is 27.8 Å². The van der Waals surface area contributed by atoms with E-state index in [1.54, 1.807) is 4.90 Å². The van der Waals surface area contributed by atoms with Crippen LogP contribution in [0.4, 0.5) is 13.6 Å². The molecule has 1 amide bonds. The van der Waals surface area contributed by atoms with Crippen LogP contribution in [0.3, 0.4) is 0 Å². The van der Waals surface area contributed by atoms with Crippen LogP contribution in [-0.4, -0.2) is 91.7 Å². The van der Waals surface area contributed by atoms with Gasteiger partial charge >= 0.3 is 6.09 Å². The second kappa shape index (κ2) is 9.47. The van der Waals surface area contributed by atoms with Gasteiger partial charge in [-0.15, -0.1) is 0 Å². The summed E-state index contributed by atoms with van der Waals surface area (Å²) in [5.41, 5.74) is -0.560. The smallest absolute Gasteiger partial charge is 0.410 e. The summed E-state index contributed by atoms with van der Waals surface area (Å²) in [6, 6.07) is 1.81. The van der Waals surface area contributed by atoms with Crippen molar-refractivity contribution in [1.82, 2.24) is 24.3 Å². The van der Waals surface area contributed by atoms with Gasteiger partial charge in [-0.25, -0.2) is 23.5 Å². The molecule has 1 aliphatic carbocycles.